The standard InChI is InChI=1S/C16H14N4/c1-11-3-5-15(19-7-11)16-6-4-13(8-20-16)14-9-17-12(2)18-10-14/h3-10H,1-2H3. The van der Waals surface area contributed by atoms with Gasteiger partial charge in [0, 0.05) is 35.9 Å². The third-order valence-electron chi connectivity index (χ3n) is 3.05. The fraction of sp³-hybridized carbons (Fsp3) is 0.125. The SMILES string of the molecule is Cc1ccc(-c2ccc(-c3cnc(C)nc3)cn2)nc1. The molecule has 0 saturated heterocycles. The molecule has 98 valence electrons. The maximum Gasteiger partial charge on any atom is 0.125 e. The Hall–Kier alpha value is -2.62. The van der Waals surface area contributed by atoms with Gasteiger partial charge in [0.15, 0.2) is 0 Å². The van der Waals surface area contributed by atoms with Gasteiger partial charge in [-0.1, -0.05) is 12.1 Å². The van der Waals surface area contributed by atoms with Crippen LogP contribution in [0.4, 0.5) is 0 Å². The van der Waals surface area contributed by atoms with Gasteiger partial charge < -0.3 is 0 Å². The molecule has 0 N–H and O–H groups in total. The molecule has 0 aliphatic rings. The number of aryl methyl sites for hydroxylation is 2. The van der Waals surface area contributed by atoms with Crippen LogP contribution in [0, 0.1) is 13.8 Å². The zero-order valence-electron chi connectivity index (χ0n) is 11.4. The third kappa shape index (κ3) is 2.54. The molecule has 3 rings (SSSR count). The molecule has 20 heavy (non-hydrogen) atoms. The van der Waals surface area contributed by atoms with Crippen LogP contribution in [-0.4, -0.2) is 19.9 Å². The van der Waals surface area contributed by atoms with Crippen molar-refractivity contribution in [2.45, 2.75) is 13.8 Å². The molecule has 4 heteroatoms. The van der Waals surface area contributed by atoms with Gasteiger partial charge >= 0.3 is 0 Å². The van der Waals surface area contributed by atoms with E-state index in [0.29, 0.717) is 0 Å². The Labute approximate surface area is 117 Å². The molecule has 0 amide bonds. The average molecular weight is 262 g/mol. The summed E-state index contributed by atoms with van der Waals surface area (Å²) in [4.78, 5) is 17.2. The van der Waals surface area contributed by atoms with Crippen LogP contribution in [0.1, 0.15) is 11.4 Å². The van der Waals surface area contributed by atoms with Gasteiger partial charge in [-0.15, -0.1) is 0 Å². The van der Waals surface area contributed by atoms with Crippen molar-refractivity contribution >= 4 is 0 Å². The monoisotopic (exact) mass is 262 g/mol. The van der Waals surface area contributed by atoms with Crippen molar-refractivity contribution in [1.82, 2.24) is 19.9 Å². The van der Waals surface area contributed by atoms with E-state index in [-0.39, 0.29) is 0 Å². The topological polar surface area (TPSA) is 51.6 Å². The Bertz CT molecular complexity index is 636. The first-order chi connectivity index (χ1) is 9.72. The number of pyridine rings is 2. The zero-order valence-corrected chi connectivity index (χ0v) is 11.4. The summed E-state index contributed by atoms with van der Waals surface area (Å²) in [6.45, 7) is 3.89. The highest BCUT2D eigenvalue weighted by Crippen LogP contribution is 2.20. The van der Waals surface area contributed by atoms with Gasteiger partial charge in [-0.3, -0.25) is 9.97 Å². The van der Waals surface area contributed by atoms with Gasteiger partial charge in [-0.2, -0.15) is 0 Å². The van der Waals surface area contributed by atoms with Crippen molar-refractivity contribution in [3.63, 3.8) is 0 Å². The van der Waals surface area contributed by atoms with Crippen molar-refractivity contribution in [2.24, 2.45) is 0 Å². The van der Waals surface area contributed by atoms with E-state index in [1.807, 2.05) is 62.9 Å². The summed E-state index contributed by atoms with van der Waals surface area (Å²) < 4.78 is 0. The number of hydrogen-bond donors (Lipinski definition) is 0. The van der Waals surface area contributed by atoms with Gasteiger partial charge in [0.25, 0.3) is 0 Å². The minimum atomic E-state index is 0.766. The van der Waals surface area contributed by atoms with E-state index in [1.165, 1.54) is 0 Å². The lowest BCUT2D eigenvalue weighted by atomic mass is 10.1. The summed E-state index contributed by atoms with van der Waals surface area (Å²) in [5.74, 6) is 0.766. The molecule has 3 aromatic heterocycles. The van der Waals surface area contributed by atoms with E-state index >= 15 is 0 Å². The van der Waals surface area contributed by atoms with Crippen LogP contribution in [-0.2, 0) is 0 Å². The summed E-state index contributed by atoms with van der Waals surface area (Å²) >= 11 is 0. The molecular formula is C16H14N4. The van der Waals surface area contributed by atoms with E-state index in [9.17, 15) is 0 Å². The van der Waals surface area contributed by atoms with E-state index in [1.54, 1.807) is 0 Å². The van der Waals surface area contributed by atoms with Gasteiger partial charge in [-0.05, 0) is 31.5 Å². The summed E-state index contributed by atoms with van der Waals surface area (Å²) in [5, 5.41) is 0. The molecule has 0 unspecified atom stereocenters. The quantitative estimate of drug-likeness (QED) is 0.711. The normalized spacial score (nSPS) is 10.5. The molecular weight excluding hydrogens is 248 g/mol. The molecule has 0 radical (unpaired) electrons. The molecule has 0 fully saturated rings. The van der Waals surface area contributed by atoms with Crippen molar-refractivity contribution in [3.05, 3.63) is 60.4 Å². The van der Waals surface area contributed by atoms with Crippen molar-refractivity contribution in [3.8, 4) is 22.5 Å². The molecule has 0 atom stereocenters. The van der Waals surface area contributed by atoms with Crippen LogP contribution in [0.2, 0.25) is 0 Å². The fourth-order valence-electron chi connectivity index (χ4n) is 1.88. The molecule has 0 bridgehead atoms. The Kier molecular flexibility index (Phi) is 3.21. The highest BCUT2D eigenvalue weighted by atomic mass is 14.8. The smallest absolute Gasteiger partial charge is 0.125 e. The lowest BCUT2D eigenvalue weighted by Crippen LogP contribution is -1.90. The van der Waals surface area contributed by atoms with Crippen molar-refractivity contribution in [2.75, 3.05) is 0 Å². The van der Waals surface area contributed by atoms with E-state index in [4.69, 9.17) is 0 Å². The molecule has 0 spiro atoms. The zero-order chi connectivity index (χ0) is 13.9. The Balaban J connectivity index is 1.91. The molecule has 0 saturated carbocycles. The molecule has 3 aromatic rings. The fourth-order valence-corrected chi connectivity index (χ4v) is 1.88. The third-order valence-corrected chi connectivity index (χ3v) is 3.05. The maximum atomic E-state index is 4.46. The van der Waals surface area contributed by atoms with Gasteiger partial charge in [0.2, 0.25) is 0 Å². The second kappa shape index (κ2) is 5.17. The summed E-state index contributed by atoms with van der Waals surface area (Å²) in [5.41, 5.74) is 4.85. The number of nitrogens with zero attached hydrogens (tertiary/aromatic N) is 4. The molecule has 3 heterocycles. The van der Waals surface area contributed by atoms with Crippen LogP contribution in [0.3, 0.4) is 0 Å². The summed E-state index contributed by atoms with van der Waals surface area (Å²) in [6, 6.07) is 7.99. The predicted octanol–water partition coefficient (Wildman–Crippen LogP) is 3.22. The first-order valence-corrected chi connectivity index (χ1v) is 6.40. The number of rotatable bonds is 2. The molecule has 0 aromatic carbocycles. The first kappa shape index (κ1) is 12.4. The highest BCUT2D eigenvalue weighted by molar-refractivity contribution is 5.64. The molecule has 4 nitrogen and oxygen atoms in total. The Morgan fingerprint density at radius 2 is 1.20 bits per heavy atom. The van der Waals surface area contributed by atoms with E-state index in [0.717, 1.165) is 33.9 Å². The van der Waals surface area contributed by atoms with Crippen LogP contribution in [0.15, 0.2) is 49.1 Å². The van der Waals surface area contributed by atoms with Crippen molar-refractivity contribution < 1.29 is 0 Å². The van der Waals surface area contributed by atoms with Crippen molar-refractivity contribution in [1.29, 1.82) is 0 Å². The average Bonchev–Trinajstić information content (AvgIpc) is 2.49. The maximum absolute atomic E-state index is 4.46. The van der Waals surface area contributed by atoms with Gasteiger partial charge in [0.05, 0.1) is 11.4 Å². The second-order valence-corrected chi connectivity index (χ2v) is 4.67. The first-order valence-electron chi connectivity index (χ1n) is 6.40. The Morgan fingerprint density at radius 1 is 0.600 bits per heavy atom. The van der Waals surface area contributed by atoms with E-state index in [2.05, 4.69) is 19.9 Å². The highest BCUT2D eigenvalue weighted by Gasteiger charge is 2.03. The largest absolute Gasteiger partial charge is 0.254 e. The predicted molar refractivity (Wildman–Crippen MR) is 78.0 cm³/mol. The van der Waals surface area contributed by atoms with Crippen LogP contribution in [0.25, 0.3) is 22.5 Å². The molecule has 0 aliphatic heterocycles. The second-order valence-electron chi connectivity index (χ2n) is 4.67. The molecule has 0 aliphatic carbocycles. The minimum absolute atomic E-state index is 0.766. The number of hydrogen-bond acceptors (Lipinski definition) is 4. The van der Waals surface area contributed by atoms with E-state index < -0.39 is 0 Å². The van der Waals surface area contributed by atoms with Gasteiger partial charge in [-0.25, -0.2) is 9.97 Å². The van der Waals surface area contributed by atoms with Crippen LogP contribution in [0.5, 0.6) is 0 Å². The summed E-state index contributed by atoms with van der Waals surface area (Å²) in [7, 11) is 0. The summed E-state index contributed by atoms with van der Waals surface area (Å²) in [6.07, 6.45) is 7.29. The van der Waals surface area contributed by atoms with Gasteiger partial charge in [0.1, 0.15) is 5.82 Å². The lowest BCUT2D eigenvalue weighted by Gasteiger charge is -2.03. The van der Waals surface area contributed by atoms with Crippen LogP contribution >= 0.6 is 0 Å². The minimum Gasteiger partial charge on any atom is -0.254 e. The Morgan fingerprint density at radius 3 is 1.75 bits per heavy atom. The number of aromatic nitrogens is 4. The lowest BCUT2D eigenvalue weighted by molar-refractivity contribution is 1.05. The van der Waals surface area contributed by atoms with Crippen LogP contribution < -0.4 is 0 Å².